The van der Waals surface area contributed by atoms with Crippen LogP contribution in [0.2, 0.25) is 0 Å². The van der Waals surface area contributed by atoms with Crippen LogP contribution in [0, 0.1) is 0 Å². The van der Waals surface area contributed by atoms with Crippen LogP contribution in [0.4, 0.5) is 11.4 Å². The van der Waals surface area contributed by atoms with E-state index in [9.17, 15) is 0 Å². The number of H-pyrrole nitrogens is 1. The van der Waals surface area contributed by atoms with Crippen molar-refractivity contribution in [2.75, 3.05) is 25.0 Å². The molecule has 0 radical (unpaired) electrons. The second kappa shape index (κ2) is 5.80. The first-order chi connectivity index (χ1) is 9.90. The number of likely N-dealkylation sites (N-methyl/N-ethyl adjacent to an activating group) is 1. The molecule has 0 bridgehead atoms. The SMILES string of the molecule is CNCCN(c1ccccc1)c1c[nH]c2ccccc12. The molecule has 0 atom stereocenters. The van der Waals surface area contributed by atoms with Gasteiger partial charge in [0.05, 0.1) is 5.69 Å². The van der Waals surface area contributed by atoms with E-state index in [1.807, 2.05) is 7.05 Å². The summed E-state index contributed by atoms with van der Waals surface area (Å²) in [7, 11) is 1.98. The van der Waals surface area contributed by atoms with Gasteiger partial charge in [-0.05, 0) is 25.2 Å². The first-order valence-electron chi connectivity index (χ1n) is 6.93. The fourth-order valence-corrected chi connectivity index (χ4v) is 2.50. The molecule has 0 aliphatic carbocycles. The van der Waals surface area contributed by atoms with Gasteiger partial charge in [-0.3, -0.25) is 0 Å². The van der Waals surface area contributed by atoms with Crippen molar-refractivity contribution in [3.8, 4) is 0 Å². The molecule has 0 unspecified atom stereocenters. The van der Waals surface area contributed by atoms with Crippen LogP contribution in [0.3, 0.4) is 0 Å². The number of para-hydroxylation sites is 2. The summed E-state index contributed by atoms with van der Waals surface area (Å²) in [4.78, 5) is 5.70. The van der Waals surface area contributed by atoms with Crippen LogP contribution >= 0.6 is 0 Å². The number of benzene rings is 2. The molecule has 0 fully saturated rings. The highest BCUT2D eigenvalue weighted by atomic mass is 15.2. The molecular formula is C17H19N3. The fourth-order valence-electron chi connectivity index (χ4n) is 2.50. The number of hydrogen-bond donors (Lipinski definition) is 2. The molecule has 1 aromatic heterocycles. The standard InChI is InChI=1S/C17H19N3/c1-18-11-12-20(14-7-3-2-4-8-14)17-13-19-16-10-6-5-9-15(16)17/h2-10,13,18-19H,11-12H2,1H3. The van der Waals surface area contributed by atoms with Crippen LogP contribution < -0.4 is 10.2 Å². The van der Waals surface area contributed by atoms with Crippen LogP contribution in [-0.4, -0.2) is 25.1 Å². The van der Waals surface area contributed by atoms with Crippen molar-refractivity contribution in [2.24, 2.45) is 0 Å². The second-order valence-corrected chi connectivity index (χ2v) is 4.81. The van der Waals surface area contributed by atoms with Crippen LogP contribution in [0.25, 0.3) is 10.9 Å². The summed E-state index contributed by atoms with van der Waals surface area (Å²) in [5.41, 5.74) is 3.61. The molecule has 0 saturated carbocycles. The number of anilines is 2. The maximum Gasteiger partial charge on any atom is 0.0668 e. The summed E-state index contributed by atoms with van der Waals surface area (Å²) in [6.45, 7) is 1.87. The number of nitrogens with one attached hydrogen (secondary N) is 2. The van der Waals surface area contributed by atoms with Gasteiger partial charge in [-0.15, -0.1) is 0 Å². The number of aromatic amines is 1. The van der Waals surface area contributed by atoms with E-state index in [2.05, 4.69) is 76.0 Å². The molecule has 102 valence electrons. The zero-order valence-corrected chi connectivity index (χ0v) is 11.6. The summed E-state index contributed by atoms with van der Waals surface area (Å²) in [6, 6.07) is 18.9. The Balaban J connectivity index is 2.05. The van der Waals surface area contributed by atoms with Gasteiger partial charge in [-0.25, -0.2) is 0 Å². The summed E-state index contributed by atoms with van der Waals surface area (Å²) >= 11 is 0. The molecule has 0 saturated heterocycles. The van der Waals surface area contributed by atoms with E-state index in [4.69, 9.17) is 0 Å². The number of aromatic nitrogens is 1. The molecule has 2 aromatic carbocycles. The predicted octanol–water partition coefficient (Wildman–Crippen LogP) is 3.53. The maximum atomic E-state index is 3.35. The average molecular weight is 265 g/mol. The Hall–Kier alpha value is -2.26. The van der Waals surface area contributed by atoms with Crippen LogP contribution in [-0.2, 0) is 0 Å². The minimum atomic E-state index is 0.933. The number of hydrogen-bond acceptors (Lipinski definition) is 2. The van der Waals surface area contributed by atoms with Crippen molar-refractivity contribution in [3.63, 3.8) is 0 Å². The Kier molecular flexibility index (Phi) is 3.70. The van der Waals surface area contributed by atoms with Gasteiger partial charge >= 0.3 is 0 Å². The van der Waals surface area contributed by atoms with Gasteiger partial charge in [0, 0.05) is 35.9 Å². The summed E-state index contributed by atoms with van der Waals surface area (Å²) in [6.07, 6.45) is 2.09. The quantitative estimate of drug-likeness (QED) is 0.739. The van der Waals surface area contributed by atoms with Gasteiger partial charge in [0.1, 0.15) is 0 Å². The lowest BCUT2D eigenvalue weighted by Crippen LogP contribution is -2.26. The average Bonchev–Trinajstić information content (AvgIpc) is 2.93. The molecule has 0 amide bonds. The van der Waals surface area contributed by atoms with Crippen molar-refractivity contribution < 1.29 is 0 Å². The summed E-state index contributed by atoms with van der Waals surface area (Å²) in [5, 5.41) is 4.48. The Morgan fingerprint density at radius 2 is 1.75 bits per heavy atom. The highest BCUT2D eigenvalue weighted by Crippen LogP contribution is 2.31. The van der Waals surface area contributed by atoms with Crippen molar-refractivity contribution in [1.82, 2.24) is 10.3 Å². The second-order valence-electron chi connectivity index (χ2n) is 4.81. The van der Waals surface area contributed by atoms with Gasteiger partial charge in [0.25, 0.3) is 0 Å². The Labute approximate surface area is 119 Å². The van der Waals surface area contributed by atoms with E-state index in [1.165, 1.54) is 22.3 Å². The topological polar surface area (TPSA) is 31.1 Å². The van der Waals surface area contributed by atoms with E-state index in [-0.39, 0.29) is 0 Å². The van der Waals surface area contributed by atoms with E-state index >= 15 is 0 Å². The number of nitrogens with zero attached hydrogens (tertiary/aromatic N) is 1. The lowest BCUT2D eigenvalue weighted by Gasteiger charge is -2.24. The van der Waals surface area contributed by atoms with E-state index in [0.29, 0.717) is 0 Å². The maximum absolute atomic E-state index is 3.35. The number of fused-ring (bicyclic) bond motifs is 1. The third-order valence-electron chi connectivity index (χ3n) is 3.51. The van der Waals surface area contributed by atoms with Gasteiger partial charge in [-0.1, -0.05) is 36.4 Å². The summed E-state index contributed by atoms with van der Waals surface area (Å²) < 4.78 is 0. The molecule has 0 spiro atoms. The van der Waals surface area contributed by atoms with Gasteiger partial charge < -0.3 is 15.2 Å². The van der Waals surface area contributed by atoms with Crippen molar-refractivity contribution in [3.05, 3.63) is 60.8 Å². The molecule has 3 heteroatoms. The van der Waals surface area contributed by atoms with E-state index < -0.39 is 0 Å². The molecule has 1 heterocycles. The monoisotopic (exact) mass is 265 g/mol. The van der Waals surface area contributed by atoms with Crippen molar-refractivity contribution >= 4 is 22.3 Å². The Morgan fingerprint density at radius 1 is 1.00 bits per heavy atom. The lowest BCUT2D eigenvalue weighted by atomic mass is 10.2. The minimum absolute atomic E-state index is 0.933. The zero-order chi connectivity index (χ0) is 13.8. The first-order valence-corrected chi connectivity index (χ1v) is 6.93. The summed E-state index contributed by atoms with van der Waals surface area (Å²) in [5.74, 6) is 0. The molecule has 3 rings (SSSR count). The molecule has 3 aromatic rings. The van der Waals surface area contributed by atoms with E-state index in [0.717, 1.165) is 13.1 Å². The fraction of sp³-hybridized carbons (Fsp3) is 0.176. The highest BCUT2D eigenvalue weighted by Gasteiger charge is 2.12. The third-order valence-corrected chi connectivity index (χ3v) is 3.51. The third kappa shape index (κ3) is 2.40. The minimum Gasteiger partial charge on any atom is -0.359 e. The molecule has 20 heavy (non-hydrogen) atoms. The van der Waals surface area contributed by atoms with Gasteiger partial charge in [-0.2, -0.15) is 0 Å². The van der Waals surface area contributed by atoms with Crippen molar-refractivity contribution in [1.29, 1.82) is 0 Å². The van der Waals surface area contributed by atoms with Gasteiger partial charge in [0.2, 0.25) is 0 Å². The van der Waals surface area contributed by atoms with Crippen LogP contribution in [0.15, 0.2) is 60.8 Å². The number of rotatable bonds is 5. The Bertz CT molecular complexity index is 673. The first kappa shape index (κ1) is 12.8. The smallest absolute Gasteiger partial charge is 0.0668 e. The predicted molar refractivity (Wildman–Crippen MR) is 85.7 cm³/mol. The molecular weight excluding hydrogens is 246 g/mol. The molecule has 0 aliphatic rings. The molecule has 3 nitrogen and oxygen atoms in total. The zero-order valence-electron chi connectivity index (χ0n) is 11.6. The van der Waals surface area contributed by atoms with Crippen molar-refractivity contribution in [2.45, 2.75) is 0 Å². The van der Waals surface area contributed by atoms with E-state index in [1.54, 1.807) is 0 Å². The van der Waals surface area contributed by atoms with Crippen LogP contribution in [0.1, 0.15) is 0 Å². The molecule has 2 N–H and O–H groups in total. The van der Waals surface area contributed by atoms with Gasteiger partial charge in [0.15, 0.2) is 0 Å². The lowest BCUT2D eigenvalue weighted by molar-refractivity contribution is 0.785. The molecule has 0 aliphatic heterocycles. The highest BCUT2D eigenvalue weighted by molar-refractivity contribution is 5.94. The van der Waals surface area contributed by atoms with Crippen LogP contribution in [0.5, 0.6) is 0 Å². The normalized spacial score (nSPS) is 10.8. The Morgan fingerprint density at radius 3 is 2.55 bits per heavy atom. The largest absolute Gasteiger partial charge is 0.359 e.